The second kappa shape index (κ2) is 3.55. The van der Waals surface area contributed by atoms with Gasteiger partial charge < -0.3 is 0 Å². The van der Waals surface area contributed by atoms with Gasteiger partial charge in [-0.15, -0.1) is 0 Å². The van der Waals surface area contributed by atoms with Crippen molar-refractivity contribution < 1.29 is 9.90 Å². The van der Waals surface area contributed by atoms with E-state index in [1.54, 1.807) is 13.1 Å². The van der Waals surface area contributed by atoms with Gasteiger partial charge in [0.25, 0.3) is 0 Å². The average molecular weight is 283 g/mol. The quantitative estimate of drug-likeness (QED) is 0.536. The van der Waals surface area contributed by atoms with Gasteiger partial charge in [0.15, 0.2) is 0 Å². The summed E-state index contributed by atoms with van der Waals surface area (Å²) in [6.07, 6.45) is 1.26. The SMILES string of the molecule is C[C@@H](O)[C@H]1C(=O)N2Cc3cccnc3[Se][C@H]12. The molecule has 0 radical (unpaired) electrons. The first kappa shape index (κ1) is 10.3. The van der Waals surface area contributed by atoms with Crippen LogP contribution in [0.2, 0.25) is 0 Å². The Hall–Kier alpha value is -0.901. The Morgan fingerprint density at radius 1 is 1.69 bits per heavy atom. The molecule has 0 bridgehead atoms. The van der Waals surface area contributed by atoms with Gasteiger partial charge in [0.2, 0.25) is 0 Å². The minimum atomic E-state index is -0.541. The van der Waals surface area contributed by atoms with Gasteiger partial charge in [-0.3, -0.25) is 0 Å². The summed E-state index contributed by atoms with van der Waals surface area (Å²) < 4.78 is 1.13. The molecule has 0 aromatic carbocycles. The van der Waals surface area contributed by atoms with Crippen molar-refractivity contribution in [3.05, 3.63) is 23.9 Å². The molecular formula is C11H12N2O2Se. The molecule has 2 aliphatic heterocycles. The van der Waals surface area contributed by atoms with Crippen LogP contribution in [0.3, 0.4) is 0 Å². The van der Waals surface area contributed by atoms with Crippen molar-refractivity contribution >= 4 is 25.5 Å². The number of rotatable bonds is 1. The maximum absolute atomic E-state index is 11.8. The van der Waals surface area contributed by atoms with E-state index in [9.17, 15) is 9.90 Å². The van der Waals surface area contributed by atoms with Crippen molar-refractivity contribution in [1.82, 2.24) is 9.88 Å². The molecule has 1 N–H and O–H groups in total. The predicted octanol–water partition coefficient (Wildman–Crippen LogP) is -0.910. The van der Waals surface area contributed by atoms with Gasteiger partial charge in [-0.05, 0) is 0 Å². The number of carbonyl (C=O) groups excluding carboxylic acids is 1. The van der Waals surface area contributed by atoms with E-state index in [1.165, 1.54) is 0 Å². The molecule has 4 nitrogen and oxygen atoms in total. The number of nitrogens with zero attached hydrogens (tertiary/aromatic N) is 2. The Kier molecular flexibility index (Phi) is 2.28. The molecule has 0 saturated carbocycles. The first-order valence-corrected chi connectivity index (χ1v) is 7.12. The molecule has 3 atom stereocenters. The minimum absolute atomic E-state index is 0.0939. The van der Waals surface area contributed by atoms with Crippen molar-refractivity contribution in [3.63, 3.8) is 0 Å². The topological polar surface area (TPSA) is 53.4 Å². The number of aliphatic hydroxyl groups excluding tert-OH is 1. The Labute approximate surface area is 99.8 Å². The van der Waals surface area contributed by atoms with Crippen LogP contribution >= 0.6 is 0 Å². The van der Waals surface area contributed by atoms with Crippen LogP contribution in [-0.2, 0) is 11.3 Å². The number of fused-ring (bicyclic) bond motifs is 2. The van der Waals surface area contributed by atoms with E-state index in [1.807, 2.05) is 17.0 Å². The Balaban J connectivity index is 1.91. The van der Waals surface area contributed by atoms with E-state index in [4.69, 9.17) is 0 Å². The number of β-lactam (4-membered cyclic amide) rings is 1. The van der Waals surface area contributed by atoms with Crippen LogP contribution in [0.1, 0.15) is 12.5 Å². The fourth-order valence-corrected chi connectivity index (χ4v) is 5.25. The molecule has 1 fully saturated rings. The summed E-state index contributed by atoms with van der Waals surface area (Å²) in [5.74, 6) is -0.105. The molecule has 0 spiro atoms. The van der Waals surface area contributed by atoms with E-state index in [-0.39, 0.29) is 31.7 Å². The molecule has 5 heteroatoms. The van der Waals surface area contributed by atoms with E-state index >= 15 is 0 Å². The predicted molar refractivity (Wildman–Crippen MR) is 59.1 cm³/mol. The van der Waals surface area contributed by atoms with Crippen molar-refractivity contribution in [2.24, 2.45) is 5.92 Å². The van der Waals surface area contributed by atoms with E-state index in [2.05, 4.69) is 4.98 Å². The van der Waals surface area contributed by atoms with Crippen LogP contribution in [0, 0.1) is 5.92 Å². The van der Waals surface area contributed by atoms with Gasteiger partial charge in [-0.1, -0.05) is 0 Å². The van der Waals surface area contributed by atoms with E-state index in [0.717, 1.165) is 10.2 Å². The maximum atomic E-state index is 11.8. The standard InChI is InChI=1S/C11H12N2O2Se/c1-6(14)8-10(15)13-5-7-3-2-4-12-9(7)16-11(8)13/h2-4,6,8,11,14H,5H2,1H3/t6-,8+,11-/m1/s1. The van der Waals surface area contributed by atoms with E-state index in [0.29, 0.717) is 6.54 Å². The zero-order valence-corrected chi connectivity index (χ0v) is 10.5. The number of aromatic nitrogens is 1. The molecule has 1 aromatic heterocycles. The fraction of sp³-hybridized carbons (Fsp3) is 0.455. The van der Waals surface area contributed by atoms with Gasteiger partial charge in [0.05, 0.1) is 0 Å². The summed E-state index contributed by atoms with van der Waals surface area (Å²) in [6.45, 7) is 2.36. The van der Waals surface area contributed by atoms with Crippen LogP contribution in [0.15, 0.2) is 18.3 Å². The Morgan fingerprint density at radius 2 is 2.50 bits per heavy atom. The van der Waals surface area contributed by atoms with E-state index < -0.39 is 6.10 Å². The summed E-state index contributed by atoms with van der Waals surface area (Å²) in [5.41, 5.74) is 1.16. The van der Waals surface area contributed by atoms with Crippen molar-refractivity contribution in [1.29, 1.82) is 0 Å². The zero-order valence-electron chi connectivity index (χ0n) is 8.83. The zero-order chi connectivity index (χ0) is 11.3. The number of aliphatic hydroxyl groups is 1. The molecule has 2 aliphatic rings. The molecule has 84 valence electrons. The number of pyridine rings is 1. The number of amides is 1. The van der Waals surface area contributed by atoms with Gasteiger partial charge in [-0.2, -0.15) is 0 Å². The van der Waals surface area contributed by atoms with Crippen LogP contribution in [0.25, 0.3) is 0 Å². The second-order valence-electron chi connectivity index (χ2n) is 4.21. The molecule has 1 aromatic rings. The third-order valence-corrected chi connectivity index (χ3v) is 6.02. The van der Waals surface area contributed by atoms with Crippen LogP contribution < -0.4 is 4.59 Å². The molecule has 0 unspecified atom stereocenters. The summed E-state index contributed by atoms with van der Waals surface area (Å²) in [7, 11) is 0. The van der Waals surface area contributed by atoms with Crippen LogP contribution in [-0.4, -0.2) is 46.9 Å². The van der Waals surface area contributed by atoms with Crippen LogP contribution in [0.5, 0.6) is 0 Å². The second-order valence-corrected chi connectivity index (χ2v) is 6.53. The van der Waals surface area contributed by atoms with Crippen molar-refractivity contribution in [2.45, 2.75) is 24.5 Å². The molecule has 0 aliphatic carbocycles. The first-order valence-electron chi connectivity index (χ1n) is 5.27. The van der Waals surface area contributed by atoms with Gasteiger partial charge in [-0.25, -0.2) is 0 Å². The number of hydrogen-bond acceptors (Lipinski definition) is 3. The average Bonchev–Trinajstić information content (AvgIpc) is 2.27. The van der Waals surface area contributed by atoms with Crippen molar-refractivity contribution in [2.75, 3.05) is 0 Å². The number of carbonyl (C=O) groups is 1. The fourth-order valence-electron chi connectivity index (χ4n) is 2.25. The first-order chi connectivity index (χ1) is 7.68. The third kappa shape index (κ3) is 1.32. The normalized spacial score (nSPS) is 29.1. The molecule has 1 saturated heterocycles. The van der Waals surface area contributed by atoms with Gasteiger partial charge in [0, 0.05) is 0 Å². The molecule has 3 heterocycles. The van der Waals surface area contributed by atoms with Gasteiger partial charge >= 0.3 is 99.6 Å². The Morgan fingerprint density at radius 3 is 3.25 bits per heavy atom. The molecule has 16 heavy (non-hydrogen) atoms. The summed E-state index contributed by atoms with van der Waals surface area (Å²) >= 11 is 0.171. The number of hydrogen-bond donors (Lipinski definition) is 1. The third-order valence-electron chi connectivity index (χ3n) is 3.13. The molecule has 3 rings (SSSR count). The Bertz CT molecular complexity index is 449. The summed E-state index contributed by atoms with van der Waals surface area (Å²) in [6, 6.07) is 3.94. The monoisotopic (exact) mass is 284 g/mol. The summed E-state index contributed by atoms with van der Waals surface area (Å²) in [5, 5.41) is 9.57. The van der Waals surface area contributed by atoms with Crippen LogP contribution in [0.4, 0.5) is 0 Å². The molecule has 1 amide bonds. The van der Waals surface area contributed by atoms with Gasteiger partial charge in [0.1, 0.15) is 0 Å². The molecular weight excluding hydrogens is 271 g/mol. The van der Waals surface area contributed by atoms with Crippen molar-refractivity contribution in [3.8, 4) is 0 Å². The summed E-state index contributed by atoms with van der Waals surface area (Å²) in [4.78, 5) is 18.3.